The van der Waals surface area contributed by atoms with E-state index in [0.717, 1.165) is 63.4 Å². The average Bonchev–Trinajstić information content (AvgIpc) is 3.17. The molecule has 3 amide bonds. The molecule has 1 aliphatic heterocycles. The third-order valence-corrected chi connectivity index (χ3v) is 9.67. The van der Waals surface area contributed by atoms with Gasteiger partial charge in [0.1, 0.15) is 48.1 Å². The molecule has 0 radical (unpaired) electrons. The average molecular weight is 836 g/mol. The summed E-state index contributed by atoms with van der Waals surface area (Å²) in [6.07, 6.45) is 3.96. The predicted octanol–water partition coefficient (Wildman–Crippen LogP) is 5.19. The van der Waals surface area contributed by atoms with Crippen molar-refractivity contribution in [2.24, 2.45) is 0 Å². The van der Waals surface area contributed by atoms with E-state index < -0.39 is 48.8 Å². The van der Waals surface area contributed by atoms with Gasteiger partial charge in [-0.1, -0.05) is 55.8 Å². The third kappa shape index (κ3) is 16.7. The number of methoxy groups -OCH3 is 2. The van der Waals surface area contributed by atoms with Gasteiger partial charge in [0.25, 0.3) is 5.91 Å². The summed E-state index contributed by atoms with van der Waals surface area (Å²) in [6.45, 7) is 5.71. The quantitative estimate of drug-likeness (QED) is 0.0596. The lowest BCUT2D eigenvalue weighted by molar-refractivity contribution is -0.261. The number of hydrogen-bond acceptors (Lipinski definition) is 12. The molecule has 3 rings (SSSR count). The number of rotatable bonds is 24. The van der Waals surface area contributed by atoms with Crippen molar-refractivity contribution < 1.29 is 58.2 Å². The normalized spacial score (nSPS) is 19.2. The molecule has 2 aromatic rings. The van der Waals surface area contributed by atoms with Crippen LogP contribution in [0.3, 0.4) is 0 Å². The molecule has 0 aliphatic carbocycles. The van der Waals surface area contributed by atoms with Gasteiger partial charge in [-0.3, -0.25) is 19.2 Å². The number of nitrogens with one attached hydrogen (secondary N) is 3. The van der Waals surface area contributed by atoms with Crippen LogP contribution in [-0.2, 0) is 35.2 Å². The zero-order valence-corrected chi connectivity index (χ0v) is 35.1. The number of esters is 1. The maximum Gasteiger partial charge on any atom is 0.306 e. The van der Waals surface area contributed by atoms with Gasteiger partial charge in [0, 0.05) is 44.7 Å². The van der Waals surface area contributed by atoms with E-state index >= 15 is 0 Å². The van der Waals surface area contributed by atoms with Gasteiger partial charge in [0.05, 0.1) is 24.3 Å². The molecule has 5 atom stereocenters. The first-order valence-corrected chi connectivity index (χ1v) is 20.4. The van der Waals surface area contributed by atoms with E-state index in [1.165, 1.54) is 26.4 Å². The summed E-state index contributed by atoms with van der Waals surface area (Å²) in [5.41, 5.74) is 0.949. The molecule has 1 heterocycles. The maximum absolute atomic E-state index is 13.3. The highest BCUT2D eigenvalue weighted by Crippen LogP contribution is 2.34. The minimum absolute atomic E-state index is 0.0307. The van der Waals surface area contributed by atoms with E-state index in [1.54, 1.807) is 18.2 Å². The fourth-order valence-electron chi connectivity index (χ4n) is 6.34. The van der Waals surface area contributed by atoms with Gasteiger partial charge >= 0.3 is 5.97 Å². The smallest absolute Gasteiger partial charge is 0.306 e. The summed E-state index contributed by atoms with van der Waals surface area (Å²) in [4.78, 5) is 49.8. The van der Waals surface area contributed by atoms with Crippen LogP contribution in [-0.4, -0.2) is 103 Å². The number of carbonyl (C=O) groups excluding carboxylic acids is 4. The standard InChI is InChI=1S/C42H62ClN3O12/c1-42(2,3)58-36(50)20-13-10-14-21-44-34(48)18-11-8-6-7-9-12-19-35(49)45-28-17-15-16-27(22-28)26-56-32-24-31(54-4)29(23-30(32)43)40(53)46-37-39(52)38(51)33(25-47)57-41(37)55-5/h15-17,22-24,33,37-39,41,47,51-52H,6-14,18-21,25-26H2,1-5H3,(H,44,48)(H,45,49)(H,46,53)/t33-,37-,38-,39-,41+/m1/s1. The molecule has 1 fully saturated rings. The van der Waals surface area contributed by atoms with Crippen molar-refractivity contribution >= 4 is 41.0 Å². The van der Waals surface area contributed by atoms with Crippen LogP contribution in [0.15, 0.2) is 36.4 Å². The molecular weight excluding hydrogens is 774 g/mol. The first-order valence-electron chi connectivity index (χ1n) is 20.0. The van der Waals surface area contributed by atoms with Crippen molar-refractivity contribution in [2.45, 2.75) is 141 Å². The Morgan fingerprint density at radius 1 is 0.828 bits per heavy atom. The SMILES string of the molecule is COc1cc(OCc2cccc(NC(=O)CCCCCCCCC(=O)NCCCCCC(=O)OC(C)(C)C)c2)c(Cl)cc1C(=O)N[C@H]1[C@@H](OC)O[C@H](CO)[C@@H](O)[C@@H]1O. The Balaban J connectivity index is 1.33. The Kier molecular flexibility index (Phi) is 20.7. The minimum Gasteiger partial charge on any atom is -0.496 e. The highest BCUT2D eigenvalue weighted by molar-refractivity contribution is 6.32. The number of aliphatic hydroxyl groups excluding tert-OH is 3. The van der Waals surface area contributed by atoms with Gasteiger partial charge in [0.15, 0.2) is 6.29 Å². The first-order chi connectivity index (χ1) is 27.6. The first kappa shape index (κ1) is 48.4. The summed E-state index contributed by atoms with van der Waals surface area (Å²) >= 11 is 6.50. The van der Waals surface area contributed by atoms with Gasteiger partial charge in [0.2, 0.25) is 11.8 Å². The number of anilines is 1. The van der Waals surface area contributed by atoms with E-state index in [-0.39, 0.29) is 46.5 Å². The molecule has 324 valence electrons. The van der Waals surface area contributed by atoms with Crippen molar-refractivity contribution in [1.29, 1.82) is 0 Å². The van der Waals surface area contributed by atoms with Crippen molar-refractivity contribution in [3.63, 3.8) is 0 Å². The van der Waals surface area contributed by atoms with Crippen LogP contribution in [0, 0.1) is 0 Å². The van der Waals surface area contributed by atoms with Crippen LogP contribution in [0.2, 0.25) is 5.02 Å². The summed E-state index contributed by atoms with van der Waals surface area (Å²) in [6, 6.07) is 8.87. The highest BCUT2D eigenvalue weighted by Gasteiger charge is 2.45. The summed E-state index contributed by atoms with van der Waals surface area (Å²) in [7, 11) is 2.67. The molecule has 0 spiro atoms. The summed E-state index contributed by atoms with van der Waals surface area (Å²) in [5, 5.41) is 38.9. The molecule has 0 aromatic heterocycles. The lowest BCUT2D eigenvalue weighted by atomic mass is 9.96. The lowest BCUT2D eigenvalue weighted by Gasteiger charge is -2.41. The molecule has 1 saturated heterocycles. The van der Waals surface area contributed by atoms with E-state index in [0.29, 0.717) is 31.5 Å². The van der Waals surface area contributed by atoms with Crippen molar-refractivity contribution in [3.8, 4) is 11.5 Å². The molecular formula is C42H62ClN3O12. The van der Waals surface area contributed by atoms with Gasteiger partial charge < -0.3 is 55.0 Å². The van der Waals surface area contributed by atoms with E-state index in [9.17, 15) is 34.5 Å². The molecule has 58 heavy (non-hydrogen) atoms. The van der Waals surface area contributed by atoms with Crippen LogP contribution in [0.4, 0.5) is 5.69 Å². The molecule has 1 aliphatic rings. The molecule has 15 nitrogen and oxygen atoms in total. The molecule has 0 unspecified atom stereocenters. The van der Waals surface area contributed by atoms with E-state index in [1.807, 2.05) is 26.8 Å². The Hall–Kier alpha value is -3.99. The van der Waals surface area contributed by atoms with Crippen LogP contribution in [0.1, 0.15) is 114 Å². The number of ether oxygens (including phenoxy) is 5. The number of aliphatic hydroxyl groups is 3. The van der Waals surface area contributed by atoms with Crippen LogP contribution >= 0.6 is 11.6 Å². The number of benzene rings is 2. The largest absolute Gasteiger partial charge is 0.496 e. The van der Waals surface area contributed by atoms with Crippen LogP contribution < -0.4 is 25.4 Å². The van der Waals surface area contributed by atoms with Gasteiger partial charge in [-0.2, -0.15) is 0 Å². The Bertz CT molecular complexity index is 1620. The zero-order chi connectivity index (χ0) is 42.7. The Morgan fingerprint density at radius 3 is 2.14 bits per heavy atom. The van der Waals surface area contributed by atoms with E-state index in [4.69, 9.17) is 35.3 Å². The predicted molar refractivity (Wildman–Crippen MR) is 218 cm³/mol. The summed E-state index contributed by atoms with van der Waals surface area (Å²) < 4.78 is 27.4. The van der Waals surface area contributed by atoms with Gasteiger partial charge in [-0.25, -0.2) is 0 Å². The lowest BCUT2D eigenvalue weighted by Crippen LogP contribution is -2.64. The van der Waals surface area contributed by atoms with Gasteiger partial charge in [-0.05, 0) is 70.2 Å². The topological polar surface area (TPSA) is 211 Å². The Labute approximate surface area is 346 Å². The number of carbonyl (C=O) groups is 4. The molecule has 0 bridgehead atoms. The second-order valence-corrected chi connectivity index (χ2v) is 15.7. The Morgan fingerprint density at radius 2 is 1.48 bits per heavy atom. The van der Waals surface area contributed by atoms with E-state index in [2.05, 4.69) is 16.0 Å². The zero-order valence-electron chi connectivity index (χ0n) is 34.4. The second-order valence-electron chi connectivity index (χ2n) is 15.3. The van der Waals surface area contributed by atoms with Gasteiger partial charge in [-0.15, -0.1) is 0 Å². The number of amides is 3. The fraction of sp³-hybridized carbons (Fsp3) is 0.619. The number of halogens is 1. The molecule has 0 saturated carbocycles. The number of hydrogen-bond donors (Lipinski definition) is 6. The number of unbranched alkanes of at least 4 members (excludes halogenated alkanes) is 7. The minimum atomic E-state index is -1.49. The highest BCUT2D eigenvalue weighted by atomic mass is 35.5. The maximum atomic E-state index is 13.3. The monoisotopic (exact) mass is 835 g/mol. The molecule has 2 aromatic carbocycles. The van der Waals surface area contributed by atoms with Crippen molar-refractivity contribution in [2.75, 3.05) is 32.7 Å². The van der Waals surface area contributed by atoms with Crippen LogP contribution in [0.5, 0.6) is 11.5 Å². The fourth-order valence-corrected chi connectivity index (χ4v) is 6.56. The van der Waals surface area contributed by atoms with Crippen LogP contribution in [0.25, 0.3) is 0 Å². The van der Waals surface area contributed by atoms with Crippen molar-refractivity contribution in [3.05, 3.63) is 52.5 Å². The second kappa shape index (κ2) is 24.8. The summed E-state index contributed by atoms with van der Waals surface area (Å²) in [5.74, 6) is -0.538. The third-order valence-electron chi connectivity index (χ3n) is 9.37. The molecule has 16 heteroatoms. The van der Waals surface area contributed by atoms with Crippen molar-refractivity contribution in [1.82, 2.24) is 10.6 Å². The molecule has 6 N–H and O–H groups in total.